The number of benzene rings is 1. The summed E-state index contributed by atoms with van der Waals surface area (Å²) in [6, 6.07) is 8.52. The Morgan fingerprint density at radius 3 is 2.89 bits per heavy atom. The Labute approximate surface area is 107 Å². The first-order valence-corrected chi connectivity index (χ1v) is 6.26. The molecule has 0 saturated carbocycles. The first-order valence-electron chi connectivity index (χ1n) is 6.26. The van der Waals surface area contributed by atoms with Gasteiger partial charge in [-0.25, -0.2) is 0 Å². The van der Waals surface area contributed by atoms with E-state index >= 15 is 0 Å². The van der Waals surface area contributed by atoms with E-state index in [2.05, 4.69) is 41.3 Å². The first kappa shape index (κ1) is 12.8. The Kier molecular flexibility index (Phi) is 4.10. The van der Waals surface area contributed by atoms with Crippen molar-refractivity contribution in [3.05, 3.63) is 47.1 Å². The van der Waals surface area contributed by atoms with E-state index in [1.54, 1.807) is 0 Å². The summed E-state index contributed by atoms with van der Waals surface area (Å²) in [5.41, 5.74) is 8.26. The molecule has 1 aromatic heterocycles. The Hall–Kier alpha value is -1.68. The monoisotopic (exact) mass is 245 g/mol. The maximum atomic E-state index is 5.69. The minimum Gasteiger partial charge on any atom is -0.339 e. The minimum atomic E-state index is 0.0622. The van der Waals surface area contributed by atoms with Gasteiger partial charge in [-0.1, -0.05) is 35.0 Å². The molecule has 1 aromatic carbocycles. The second kappa shape index (κ2) is 5.78. The average Bonchev–Trinajstić information content (AvgIpc) is 2.73. The Morgan fingerprint density at radius 1 is 1.33 bits per heavy atom. The highest BCUT2D eigenvalue weighted by Gasteiger charge is 2.08. The molecule has 96 valence electrons. The van der Waals surface area contributed by atoms with Crippen LogP contribution in [0.3, 0.4) is 0 Å². The lowest BCUT2D eigenvalue weighted by atomic mass is 10.1. The van der Waals surface area contributed by atoms with Gasteiger partial charge in [0.1, 0.15) is 0 Å². The van der Waals surface area contributed by atoms with E-state index in [1.807, 2.05) is 6.92 Å². The maximum absolute atomic E-state index is 5.69. The van der Waals surface area contributed by atoms with Crippen molar-refractivity contribution in [3.8, 4) is 0 Å². The molecule has 0 radical (unpaired) electrons. The van der Waals surface area contributed by atoms with Gasteiger partial charge in [0.05, 0.1) is 0 Å². The number of aromatic nitrogens is 2. The van der Waals surface area contributed by atoms with Crippen LogP contribution in [0, 0.1) is 6.92 Å². The molecule has 0 aliphatic heterocycles. The molecule has 0 aliphatic carbocycles. The second-order valence-electron chi connectivity index (χ2n) is 4.77. The van der Waals surface area contributed by atoms with E-state index in [1.165, 1.54) is 11.1 Å². The maximum Gasteiger partial charge on any atom is 0.226 e. The van der Waals surface area contributed by atoms with Crippen LogP contribution in [-0.4, -0.2) is 16.2 Å². The molecular weight excluding hydrogens is 226 g/mol. The van der Waals surface area contributed by atoms with Gasteiger partial charge in [0.2, 0.25) is 5.89 Å². The molecule has 2 aromatic rings. The minimum absolute atomic E-state index is 0.0622. The summed E-state index contributed by atoms with van der Waals surface area (Å²) in [7, 11) is 0. The van der Waals surface area contributed by atoms with Crippen LogP contribution < -0.4 is 5.73 Å². The molecule has 0 fully saturated rings. The topological polar surface area (TPSA) is 64.9 Å². The highest BCUT2D eigenvalue weighted by Crippen LogP contribution is 2.08. The van der Waals surface area contributed by atoms with Crippen molar-refractivity contribution in [1.29, 1.82) is 0 Å². The number of hydrogen-bond acceptors (Lipinski definition) is 4. The summed E-state index contributed by atoms with van der Waals surface area (Å²) in [6.07, 6.45) is 2.35. The van der Waals surface area contributed by atoms with Gasteiger partial charge in [0.25, 0.3) is 0 Å². The quantitative estimate of drug-likeness (QED) is 0.875. The number of nitrogens with two attached hydrogens (primary N) is 1. The molecule has 0 amide bonds. The largest absolute Gasteiger partial charge is 0.339 e. The van der Waals surface area contributed by atoms with Crippen molar-refractivity contribution in [2.24, 2.45) is 5.73 Å². The van der Waals surface area contributed by atoms with Crippen LogP contribution in [0.25, 0.3) is 0 Å². The van der Waals surface area contributed by atoms with Crippen molar-refractivity contribution >= 4 is 0 Å². The third-order valence-electron chi connectivity index (χ3n) is 2.72. The zero-order valence-electron chi connectivity index (χ0n) is 10.9. The van der Waals surface area contributed by atoms with E-state index in [0.29, 0.717) is 18.1 Å². The molecule has 0 bridgehead atoms. The molecule has 1 heterocycles. The summed E-state index contributed by atoms with van der Waals surface area (Å²) < 4.78 is 5.20. The Morgan fingerprint density at radius 2 is 2.17 bits per heavy atom. The van der Waals surface area contributed by atoms with Crippen molar-refractivity contribution < 1.29 is 4.52 Å². The molecule has 0 spiro atoms. The van der Waals surface area contributed by atoms with Crippen LogP contribution in [0.2, 0.25) is 0 Å². The summed E-state index contributed by atoms with van der Waals surface area (Å²) >= 11 is 0. The smallest absolute Gasteiger partial charge is 0.226 e. The molecule has 4 heteroatoms. The van der Waals surface area contributed by atoms with E-state index in [4.69, 9.17) is 10.3 Å². The van der Waals surface area contributed by atoms with Gasteiger partial charge in [-0.3, -0.25) is 0 Å². The molecule has 2 N–H and O–H groups in total. The summed E-state index contributed by atoms with van der Waals surface area (Å²) in [5.74, 6) is 1.39. The fourth-order valence-electron chi connectivity index (χ4n) is 1.88. The van der Waals surface area contributed by atoms with E-state index < -0.39 is 0 Å². The fraction of sp³-hybridized carbons (Fsp3) is 0.429. The average molecular weight is 245 g/mol. The molecule has 18 heavy (non-hydrogen) atoms. The van der Waals surface area contributed by atoms with E-state index in [0.717, 1.165) is 12.8 Å². The normalized spacial score (nSPS) is 12.6. The molecule has 1 unspecified atom stereocenters. The van der Waals surface area contributed by atoms with Gasteiger partial charge in [-0.15, -0.1) is 0 Å². The SMILES string of the molecule is Cc1cccc(CCc2nc(CC(C)N)no2)c1. The van der Waals surface area contributed by atoms with Crippen molar-refractivity contribution in [2.45, 2.75) is 39.2 Å². The highest BCUT2D eigenvalue weighted by atomic mass is 16.5. The molecule has 0 aliphatic rings. The molecular formula is C14H19N3O. The Balaban J connectivity index is 1.92. The van der Waals surface area contributed by atoms with Crippen LogP contribution >= 0.6 is 0 Å². The third-order valence-corrected chi connectivity index (χ3v) is 2.72. The number of hydrogen-bond donors (Lipinski definition) is 1. The van der Waals surface area contributed by atoms with Gasteiger partial charge in [0, 0.05) is 18.9 Å². The summed E-state index contributed by atoms with van der Waals surface area (Å²) in [4.78, 5) is 4.33. The van der Waals surface area contributed by atoms with Gasteiger partial charge in [0.15, 0.2) is 5.82 Å². The summed E-state index contributed by atoms with van der Waals surface area (Å²) in [6.45, 7) is 4.03. The van der Waals surface area contributed by atoms with Crippen LogP contribution in [0.15, 0.2) is 28.8 Å². The number of rotatable bonds is 5. The lowest BCUT2D eigenvalue weighted by Gasteiger charge is -1.99. The molecule has 1 atom stereocenters. The van der Waals surface area contributed by atoms with Crippen LogP contribution in [0.4, 0.5) is 0 Å². The van der Waals surface area contributed by atoms with Crippen LogP contribution in [0.1, 0.15) is 29.8 Å². The predicted octanol–water partition coefficient (Wildman–Crippen LogP) is 2.05. The van der Waals surface area contributed by atoms with Crippen LogP contribution in [0.5, 0.6) is 0 Å². The molecule has 0 saturated heterocycles. The van der Waals surface area contributed by atoms with Gasteiger partial charge >= 0.3 is 0 Å². The lowest BCUT2D eigenvalue weighted by Crippen LogP contribution is -2.18. The predicted molar refractivity (Wildman–Crippen MR) is 70.2 cm³/mol. The highest BCUT2D eigenvalue weighted by molar-refractivity contribution is 5.22. The molecule has 2 rings (SSSR count). The third kappa shape index (κ3) is 3.67. The van der Waals surface area contributed by atoms with E-state index in [9.17, 15) is 0 Å². The lowest BCUT2D eigenvalue weighted by molar-refractivity contribution is 0.372. The van der Waals surface area contributed by atoms with Crippen molar-refractivity contribution in [3.63, 3.8) is 0 Å². The van der Waals surface area contributed by atoms with Crippen LogP contribution in [-0.2, 0) is 19.3 Å². The molecule has 4 nitrogen and oxygen atoms in total. The number of nitrogens with zero attached hydrogens (tertiary/aromatic N) is 2. The second-order valence-corrected chi connectivity index (χ2v) is 4.77. The van der Waals surface area contributed by atoms with E-state index in [-0.39, 0.29) is 6.04 Å². The number of aryl methyl sites for hydroxylation is 3. The standard InChI is InChI=1S/C14H19N3O/c1-10-4-3-5-12(8-10)6-7-14-16-13(17-18-14)9-11(2)15/h3-5,8,11H,6-7,9,15H2,1-2H3. The summed E-state index contributed by atoms with van der Waals surface area (Å²) in [5, 5.41) is 3.92. The zero-order valence-corrected chi connectivity index (χ0v) is 10.9. The first-order chi connectivity index (χ1) is 8.63. The fourth-order valence-corrected chi connectivity index (χ4v) is 1.88. The zero-order chi connectivity index (χ0) is 13.0. The Bertz CT molecular complexity index is 505. The van der Waals surface area contributed by atoms with Gasteiger partial charge in [-0.05, 0) is 25.8 Å². The van der Waals surface area contributed by atoms with Gasteiger partial charge < -0.3 is 10.3 Å². The van der Waals surface area contributed by atoms with Crippen molar-refractivity contribution in [2.75, 3.05) is 0 Å². The van der Waals surface area contributed by atoms with Crippen molar-refractivity contribution in [1.82, 2.24) is 10.1 Å². The van der Waals surface area contributed by atoms with Gasteiger partial charge in [-0.2, -0.15) is 4.98 Å².